The minimum absolute atomic E-state index is 0.0887. The van der Waals surface area contributed by atoms with E-state index in [1.54, 1.807) is 13.1 Å². The van der Waals surface area contributed by atoms with Gasteiger partial charge in [-0.2, -0.15) is 0 Å². The standard InChI is InChI=1S/C12H19N3O3S/c1-15(8-9-5-10(16)6-9)19(17,18)12-3-2-4-14-11(12)7-13/h2-4,9-10,16H,5-8,13H2,1H3. The van der Waals surface area contributed by atoms with Gasteiger partial charge in [0.05, 0.1) is 11.8 Å². The van der Waals surface area contributed by atoms with E-state index in [1.165, 1.54) is 16.6 Å². The molecule has 1 heterocycles. The van der Waals surface area contributed by atoms with Gasteiger partial charge in [0.1, 0.15) is 4.90 Å². The minimum Gasteiger partial charge on any atom is -0.393 e. The molecule has 0 spiro atoms. The van der Waals surface area contributed by atoms with Gasteiger partial charge in [0, 0.05) is 26.3 Å². The zero-order valence-electron chi connectivity index (χ0n) is 10.9. The number of nitrogens with zero attached hydrogens (tertiary/aromatic N) is 2. The van der Waals surface area contributed by atoms with E-state index < -0.39 is 10.0 Å². The van der Waals surface area contributed by atoms with Gasteiger partial charge in [-0.3, -0.25) is 4.98 Å². The van der Waals surface area contributed by atoms with Crippen LogP contribution in [0.4, 0.5) is 0 Å². The molecule has 19 heavy (non-hydrogen) atoms. The Labute approximate surface area is 113 Å². The summed E-state index contributed by atoms with van der Waals surface area (Å²) in [7, 11) is -2.01. The Hall–Kier alpha value is -1.02. The average molecular weight is 285 g/mol. The normalized spacial score (nSPS) is 23.4. The van der Waals surface area contributed by atoms with Crippen molar-refractivity contribution in [2.45, 2.75) is 30.4 Å². The molecule has 1 saturated carbocycles. The topological polar surface area (TPSA) is 96.5 Å². The molecular formula is C12H19N3O3S. The third kappa shape index (κ3) is 2.94. The molecule has 1 fully saturated rings. The molecular weight excluding hydrogens is 266 g/mol. The van der Waals surface area contributed by atoms with E-state index in [1.807, 2.05) is 0 Å². The van der Waals surface area contributed by atoms with E-state index in [-0.39, 0.29) is 23.5 Å². The van der Waals surface area contributed by atoms with Crippen LogP contribution in [0.25, 0.3) is 0 Å². The van der Waals surface area contributed by atoms with Crippen LogP contribution < -0.4 is 5.73 Å². The molecule has 0 amide bonds. The summed E-state index contributed by atoms with van der Waals surface area (Å²) in [5, 5.41) is 9.24. The van der Waals surface area contributed by atoms with Crippen molar-refractivity contribution < 1.29 is 13.5 Å². The third-order valence-corrected chi connectivity index (χ3v) is 5.35. The van der Waals surface area contributed by atoms with E-state index >= 15 is 0 Å². The van der Waals surface area contributed by atoms with Crippen molar-refractivity contribution in [1.29, 1.82) is 0 Å². The summed E-state index contributed by atoms with van der Waals surface area (Å²) in [5.41, 5.74) is 5.90. The van der Waals surface area contributed by atoms with E-state index in [4.69, 9.17) is 5.73 Å². The fourth-order valence-corrected chi connectivity index (χ4v) is 3.72. The SMILES string of the molecule is CN(CC1CC(O)C1)S(=O)(=O)c1cccnc1CN. The molecule has 0 unspecified atom stereocenters. The molecule has 3 N–H and O–H groups in total. The second kappa shape index (κ2) is 5.54. The lowest BCUT2D eigenvalue weighted by atomic mass is 9.82. The molecule has 106 valence electrons. The van der Waals surface area contributed by atoms with Crippen molar-refractivity contribution in [2.24, 2.45) is 11.7 Å². The molecule has 0 aromatic carbocycles. The van der Waals surface area contributed by atoms with Gasteiger partial charge in [-0.05, 0) is 30.9 Å². The van der Waals surface area contributed by atoms with Crippen molar-refractivity contribution in [3.05, 3.63) is 24.0 Å². The van der Waals surface area contributed by atoms with Crippen LogP contribution in [-0.2, 0) is 16.6 Å². The van der Waals surface area contributed by atoms with Gasteiger partial charge in [-0.1, -0.05) is 0 Å². The van der Waals surface area contributed by atoms with Crippen molar-refractivity contribution >= 4 is 10.0 Å². The van der Waals surface area contributed by atoms with Crippen LogP contribution in [0.5, 0.6) is 0 Å². The van der Waals surface area contributed by atoms with Gasteiger partial charge in [-0.15, -0.1) is 0 Å². The van der Waals surface area contributed by atoms with E-state index in [2.05, 4.69) is 4.98 Å². The quantitative estimate of drug-likeness (QED) is 0.789. The third-order valence-electron chi connectivity index (χ3n) is 3.46. The Morgan fingerprint density at radius 2 is 2.21 bits per heavy atom. The van der Waals surface area contributed by atoms with Crippen LogP contribution in [0.15, 0.2) is 23.2 Å². The van der Waals surface area contributed by atoms with Gasteiger partial charge < -0.3 is 10.8 Å². The average Bonchev–Trinajstić information content (AvgIpc) is 2.36. The van der Waals surface area contributed by atoms with Gasteiger partial charge in [0.25, 0.3) is 0 Å². The second-order valence-electron chi connectivity index (χ2n) is 4.93. The molecule has 0 aliphatic heterocycles. The van der Waals surface area contributed by atoms with E-state index in [9.17, 15) is 13.5 Å². The number of aromatic nitrogens is 1. The monoisotopic (exact) mass is 285 g/mol. The van der Waals surface area contributed by atoms with Gasteiger partial charge in [0.15, 0.2) is 0 Å². The first-order valence-corrected chi connectivity index (χ1v) is 7.67. The van der Waals surface area contributed by atoms with Crippen LogP contribution in [0, 0.1) is 5.92 Å². The van der Waals surface area contributed by atoms with Gasteiger partial charge >= 0.3 is 0 Å². The number of nitrogens with two attached hydrogens (primary N) is 1. The summed E-state index contributed by atoms with van der Waals surface area (Å²) in [6.07, 6.45) is 2.58. The minimum atomic E-state index is -3.56. The van der Waals surface area contributed by atoms with Crippen molar-refractivity contribution in [3.63, 3.8) is 0 Å². The summed E-state index contributed by atoms with van der Waals surface area (Å²) in [6, 6.07) is 3.11. The molecule has 7 heteroatoms. The number of pyridine rings is 1. The molecule has 0 radical (unpaired) electrons. The predicted molar refractivity (Wildman–Crippen MR) is 70.7 cm³/mol. The highest BCUT2D eigenvalue weighted by atomic mass is 32.2. The Morgan fingerprint density at radius 3 is 2.79 bits per heavy atom. The van der Waals surface area contributed by atoms with Crippen LogP contribution in [-0.4, -0.2) is 42.5 Å². The Kier molecular flexibility index (Phi) is 4.19. The second-order valence-corrected chi connectivity index (χ2v) is 6.94. The molecule has 1 aliphatic carbocycles. The fourth-order valence-electron chi connectivity index (χ4n) is 2.29. The lowest BCUT2D eigenvalue weighted by Gasteiger charge is -2.34. The number of aliphatic hydroxyl groups is 1. The molecule has 1 aliphatic rings. The zero-order chi connectivity index (χ0) is 14.0. The van der Waals surface area contributed by atoms with Gasteiger partial charge in [-0.25, -0.2) is 12.7 Å². The Bertz CT molecular complexity index is 541. The molecule has 0 atom stereocenters. The Morgan fingerprint density at radius 1 is 1.53 bits per heavy atom. The van der Waals surface area contributed by atoms with Gasteiger partial charge in [0.2, 0.25) is 10.0 Å². The molecule has 1 aromatic heterocycles. The highest BCUT2D eigenvalue weighted by Crippen LogP contribution is 2.29. The number of aliphatic hydroxyl groups excluding tert-OH is 1. The first kappa shape index (κ1) is 14.4. The van der Waals surface area contributed by atoms with Crippen molar-refractivity contribution in [3.8, 4) is 0 Å². The lowest BCUT2D eigenvalue weighted by Crippen LogP contribution is -2.39. The largest absolute Gasteiger partial charge is 0.393 e. The molecule has 6 nitrogen and oxygen atoms in total. The molecule has 0 saturated heterocycles. The maximum atomic E-state index is 12.4. The fraction of sp³-hybridized carbons (Fsp3) is 0.583. The smallest absolute Gasteiger partial charge is 0.244 e. The van der Waals surface area contributed by atoms with E-state index in [0.717, 1.165) is 0 Å². The highest BCUT2D eigenvalue weighted by molar-refractivity contribution is 7.89. The number of rotatable bonds is 5. The summed E-state index contributed by atoms with van der Waals surface area (Å²) < 4.78 is 26.2. The van der Waals surface area contributed by atoms with Crippen LogP contribution in [0.1, 0.15) is 18.5 Å². The first-order valence-electron chi connectivity index (χ1n) is 6.23. The maximum Gasteiger partial charge on any atom is 0.244 e. The summed E-state index contributed by atoms with van der Waals surface area (Å²) >= 11 is 0. The van der Waals surface area contributed by atoms with Crippen molar-refractivity contribution in [2.75, 3.05) is 13.6 Å². The molecule has 0 bridgehead atoms. The predicted octanol–water partition coefficient (Wildman–Crippen LogP) is -0.0683. The van der Waals surface area contributed by atoms with Crippen LogP contribution in [0.3, 0.4) is 0 Å². The summed E-state index contributed by atoms with van der Waals surface area (Å²) in [4.78, 5) is 4.17. The summed E-state index contributed by atoms with van der Waals surface area (Å²) in [5.74, 6) is 0.229. The maximum absolute atomic E-state index is 12.4. The molecule has 1 aromatic rings. The number of hydrogen-bond donors (Lipinski definition) is 2. The first-order chi connectivity index (χ1) is 8.95. The van der Waals surface area contributed by atoms with Crippen LogP contribution >= 0.6 is 0 Å². The van der Waals surface area contributed by atoms with Crippen LogP contribution in [0.2, 0.25) is 0 Å². The lowest BCUT2D eigenvalue weighted by molar-refractivity contribution is 0.0367. The van der Waals surface area contributed by atoms with Crippen molar-refractivity contribution in [1.82, 2.24) is 9.29 Å². The number of hydrogen-bond acceptors (Lipinski definition) is 5. The highest BCUT2D eigenvalue weighted by Gasteiger charge is 2.32. The zero-order valence-corrected chi connectivity index (χ0v) is 11.7. The Balaban J connectivity index is 2.16. The summed E-state index contributed by atoms with van der Waals surface area (Å²) in [6.45, 7) is 0.504. The van der Waals surface area contributed by atoms with E-state index in [0.29, 0.717) is 25.1 Å². The molecule has 2 rings (SSSR count). The number of sulfonamides is 1.